The molecule has 8 heteroatoms. The third-order valence-corrected chi connectivity index (χ3v) is 5.51. The van der Waals surface area contributed by atoms with E-state index in [4.69, 9.17) is 9.84 Å². The van der Waals surface area contributed by atoms with Crippen molar-refractivity contribution in [2.24, 2.45) is 0 Å². The summed E-state index contributed by atoms with van der Waals surface area (Å²) in [4.78, 5) is 25.1. The number of aliphatic carboxylic acids is 1. The number of halogens is 3. The van der Waals surface area contributed by atoms with Crippen LogP contribution in [0.5, 0.6) is 5.75 Å². The number of fused-ring (bicyclic) bond motifs is 1. The Morgan fingerprint density at radius 3 is 2.42 bits per heavy atom. The number of ether oxygens (including phenoxy) is 1. The molecule has 1 N–H and O–H groups in total. The van der Waals surface area contributed by atoms with Gasteiger partial charge < -0.3 is 14.7 Å². The molecule has 1 amide bonds. The molecule has 1 aliphatic rings. The lowest BCUT2D eigenvalue weighted by molar-refractivity contribution is -0.139. The third-order valence-electron chi connectivity index (χ3n) is 5.51. The molecule has 0 saturated heterocycles. The lowest BCUT2D eigenvalue weighted by Gasteiger charge is -2.17. The lowest BCUT2D eigenvalue weighted by Crippen LogP contribution is -2.23. The van der Waals surface area contributed by atoms with Crippen molar-refractivity contribution < 1.29 is 32.6 Å². The second-order valence-corrected chi connectivity index (χ2v) is 7.71. The summed E-state index contributed by atoms with van der Waals surface area (Å²) in [5.74, 6) is -0.824. The highest BCUT2D eigenvalue weighted by Gasteiger charge is 2.32. The van der Waals surface area contributed by atoms with Crippen LogP contribution in [0.15, 0.2) is 66.7 Å². The number of alkyl halides is 3. The molecule has 0 saturated carbocycles. The lowest BCUT2D eigenvalue weighted by atomic mass is 9.97. The van der Waals surface area contributed by atoms with Gasteiger partial charge in [0.05, 0.1) is 12.1 Å². The molecule has 170 valence electrons. The van der Waals surface area contributed by atoms with E-state index >= 15 is 0 Å². The van der Waals surface area contributed by atoms with Crippen molar-refractivity contribution in [1.82, 2.24) is 0 Å². The minimum absolute atomic E-state index is 0.240. The molecule has 0 radical (unpaired) electrons. The molecule has 3 aromatic rings. The Kier molecular flexibility index (Phi) is 6.09. The van der Waals surface area contributed by atoms with E-state index in [0.29, 0.717) is 29.8 Å². The van der Waals surface area contributed by atoms with Crippen LogP contribution in [0.1, 0.15) is 32.6 Å². The Bertz CT molecular complexity index is 1190. The van der Waals surface area contributed by atoms with Gasteiger partial charge in [-0.1, -0.05) is 24.3 Å². The van der Waals surface area contributed by atoms with Gasteiger partial charge in [-0.15, -0.1) is 0 Å². The van der Waals surface area contributed by atoms with Gasteiger partial charge in [-0.2, -0.15) is 13.2 Å². The number of nitrogens with zero attached hydrogens (tertiary/aromatic N) is 1. The van der Waals surface area contributed by atoms with Crippen molar-refractivity contribution in [3.63, 3.8) is 0 Å². The van der Waals surface area contributed by atoms with E-state index in [0.717, 1.165) is 28.8 Å². The van der Waals surface area contributed by atoms with Crippen LogP contribution in [0.4, 0.5) is 18.9 Å². The molecular weight excluding hydrogens is 435 g/mol. The smallest absolute Gasteiger partial charge is 0.416 e. The van der Waals surface area contributed by atoms with E-state index in [1.807, 2.05) is 12.1 Å². The van der Waals surface area contributed by atoms with Crippen LogP contribution in [-0.2, 0) is 30.4 Å². The van der Waals surface area contributed by atoms with Gasteiger partial charge >= 0.3 is 12.1 Å². The van der Waals surface area contributed by atoms with Crippen LogP contribution in [0, 0.1) is 0 Å². The van der Waals surface area contributed by atoms with E-state index < -0.39 is 24.3 Å². The average Bonchev–Trinajstić information content (AvgIpc) is 3.13. The minimum Gasteiger partial charge on any atom is -0.482 e. The van der Waals surface area contributed by atoms with Gasteiger partial charge in [0.2, 0.25) is 0 Å². The van der Waals surface area contributed by atoms with Crippen LogP contribution >= 0.6 is 0 Å². The molecule has 0 aromatic heterocycles. The van der Waals surface area contributed by atoms with Gasteiger partial charge in [0.15, 0.2) is 6.61 Å². The van der Waals surface area contributed by atoms with Crippen LogP contribution in [0.2, 0.25) is 0 Å². The first kappa shape index (κ1) is 22.4. The Hall–Kier alpha value is -3.81. The normalized spacial score (nSPS) is 13.2. The molecule has 1 heterocycles. The maximum Gasteiger partial charge on any atom is 0.416 e. The zero-order valence-electron chi connectivity index (χ0n) is 17.4. The summed E-state index contributed by atoms with van der Waals surface area (Å²) >= 11 is 0. The number of carboxylic acid groups (broad SMARTS) is 1. The predicted molar refractivity (Wildman–Crippen MR) is 115 cm³/mol. The summed E-state index contributed by atoms with van der Waals surface area (Å²) in [6, 6.07) is 17.2. The first-order valence-corrected chi connectivity index (χ1v) is 10.3. The van der Waals surface area contributed by atoms with Crippen molar-refractivity contribution in [3.05, 3.63) is 94.5 Å². The number of carboxylic acids is 1. The number of hydrogen-bond donors (Lipinski definition) is 1. The Morgan fingerprint density at radius 1 is 1.00 bits per heavy atom. The molecule has 0 atom stereocenters. The van der Waals surface area contributed by atoms with Crippen molar-refractivity contribution in [2.75, 3.05) is 11.5 Å². The van der Waals surface area contributed by atoms with Gasteiger partial charge in [0.25, 0.3) is 5.91 Å². The van der Waals surface area contributed by atoms with E-state index in [-0.39, 0.29) is 12.5 Å². The third kappa shape index (κ3) is 5.00. The fraction of sp³-hybridized carbons (Fsp3) is 0.200. The molecule has 33 heavy (non-hydrogen) atoms. The van der Waals surface area contributed by atoms with Crippen molar-refractivity contribution in [2.45, 2.75) is 25.6 Å². The van der Waals surface area contributed by atoms with Gasteiger partial charge in [0, 0.05) is 11.3 Å². The van der Waals surface area contributed by atoms with Crippen LogP contribution < -0.4 is 9.64 Å². The zero-order chi connectivity index (χ0) is 23.6. The second kappa shape index (κ2) is 8.97. The maximum absolute atomic E-state index is 12.9. The number of carbonyl (C=O) groups is 2. The zero-order valence-corrected chi connectivity index (χ0v) is 17.4. The molecule has 3 aromatic carbocycles. The number of rotatable bonds is 7. The average molecular weight is 455 g/mol. The number of carbonyl (C=O) groups excluding carboxylic acids is 1. The quantitative estimate of drug-likeness (QED) is 0.538. The van der Waals surface area contributed by atoms with E-state index in [2.05, 4.69) is 0 Å². The largest absolute Gasteiger partial charge is 0.482 e. The maximum atomic E-state index is 12.9. The number of amides is 1. The molecule has 0 unspecified atom stereocenters. The SMILES string of the molecule is O=C(O)COc1cccc(CCc2cccc3c2CN(c2ccc(C(F)(F)F)cc2)C3=O)c1. The highest BCUT2D eigenvalue weighted by molar-refractivity contribution is 6.10. The van der Waals surface area contributed by atoms with Crippen LogP contribution in [0.25, 0.3) is 0 Å². The monoisotopic (exact) mass is 455 g/mol. The number of hydrogen-bond acceptors (Lipinski definition) is 3. The molecule has 0 aliphatic carbocycles. The fourth-order valence-corrected chi connectivity index (χ4v) is 3.89. The molecular formula is C25H20F3NO4. The van der Waals surface area contributed by atoms with Gasteiger partial charge in [-0.05, 0) is 72.0 Å². The van der Waals surface area contributed by atoms with E-state index in [1.54, 1.807) is 30.3 Å². The molecule has 4 rings (SSSR count). The van der Waals surface area contributed by atoms with E-state index in [1.165, 1.54) is 17.0 Å². The first-order chi connectivity index (χ1) is 15.7. The molecule has 0 bridgehead atoms. The number of anilines is 1. The van der Waals surface area contributed by atoms with Crippen molar-refractivity contribution in [3.8, 4) is 5.75 Å². The summed E-state index contributed by atoms with van der Waals surface area (Å²) in [6.07, 6.45) is -3.14. The summed E-state index contributed by atoms with van der Waals surface area (Å²) in [5.41, 5.74) is 3.00. The molecule has 5 nitrogen and oxygen atoms in total. The fourth-order valence-electron chi connectivity index (χ4n) is 3.89. The highest BCUT2D eigenvalue weighted by Crippen LogP contribution is 2.34. The first-order valence-electron chi connectivity index (χ1n) is 10.3. The Labute approximate surface area is 188 Å². The van der Waals surface area contributed by atoms with Gasteiger partial charge in [-0.3, -0.25) is 4.79 Å². The molecule has 0 spiro atoms. The molecule has 0 fully saturated rings. The van der Waals surface area contributed by atoms with Crippen LogP contribution in [0.3, 0.4) is 0 Å². The van der Waals surface area contributed by atoms with Crippen molar-refractivity contribution >= 4 is 17.6 Å². The minimum atomic E-state index is -4.43. The topological polar surface area (TPSA) is 66.8 Å². The molecule has 1 aliphatic heterocycles. The Balaban J connectivity index is 1.49. The predicted octanol–water partition coefficient (Wildman–Crippen LogP) is 5.11. The highest BCUT2D eigenvalue weighted by atomic mass is 19.4. The Morgan fingerprint density at radius 2 is 1.73 bits per heavy atom. The summed E-state index contributed by atoms with van der Waals surface area (Å²) < 4.78 is 43.8. The summed E-state index contributed by atoms with van der Waals surface area (Å²) in [7, 11) is 0. The summed E-state index contributed by atoms with van der Waals surface area (Å²) in [5, 5.41) is 8.75. The number of benzene rings is 3. The van der Waals surface area contributed by atoms with Gasteiger partial charge in [0.1, 0.15) is 5.75 Å². The second-order valence-electron chi connectivity index (χ2n) is 7.71. The van der Waals surface area contributed by atoms with Gasteiger partial charge in [-0.25, -0.2) is 4.79 Å². The van der Waals surface area contributed by atoms with Crippen LogP contribution in [-0.4, -0.2) is 23.6 Å². The summed E-state index contributed by atoms with van der Waals surface area (Å²) in [6.45, 7) is -0.130. The van der Waals surface area contributed by atoms with Crippen molar-refractivity contribution in [1.29, 1.82) is 0 Å². The standard InChI is InChI=1S/C25H20F3NO4/c26-25(27,28)18-9-11-19(12-10-18)29-14-22-17(4-2-6-21(22)24(29)32)8-7-16-3-1-5-20(13-16)33-15-23(30)31/h1-6,9-13H,7-8,14-15H2,(H,30,31). The number of aryl methyl sites for hydroxylation is 2. The van der Waals surface area contributed by atoms with E-state index in [9.17, 15) is 22.8 Å².